The highest BCUT2D eigenvalue weighted by molar-refractivity contribution is 5.92. The van der Waals surface area contributed by atoms with E-state index in [0.717, 1.165) is 30.9 Å². The molecule has 1 aromatic carbocycles. The molecule has 8 nitrogen and oxygen atoms in total. The largest absolute Gasteiger partial charge is 0.450 e. The average Bonchev–Trinajstić information content (AvgIpc) is 2.67. The van der Waals surface area contributed by atoms with Gasteiger partial charge in [0.15, 0.2) is 5.96 Å². The second-order valence-corrected chi connectivity index (χ2v) is 6.36. The van der Waals surface area contributed by atoms with Gasteiger partial charge < -0.3 is 26.0 Å². The van der Waals surface area contributed by atoms with Crippen molar-refractivity contribution >= 4 is 18.0 Å². The van der Waals surface area contributed by atoms with Gasteiger partial charge in [0, 0.05) is 31.2 Å². The third-order valence-electron chi connectivity index (χ3n) is 4.36. The number of ether oxygens (including phenoxy) is 1. The lowest BCUT2D eigenvalue weighted by atomic mass is 10.1. The van der Waals surface area contributed by atoms with Crippen molar-refractivity contribution in [3.63, 3.8) is 0 Å². The van der Waals surface area contributed by atoms with Gasteiger partial charge in [0.2, 0.25) is 5.91 Å². The minimum atomic E-state index is -0.436. The highest BCUT2D eigenvalue weighted by Gasteiger charge is 2.24. The number of carbonyl (C=O) groups is 2. The molecule has 148 valence electrons. The third-order valence-corrected chi connectivity index (χ3v) is 4.36. The molecule has 4 N–H and O–H groups in total. The third kappa shape index (κ3) is 6.47. The van der Waals surface area contributed by atoms with E-state index < -0.39 is 5.91 Å². The summed E-state index contributed by atoms with van der Waals surface area (Å²) in [5, 5.41) is 6.68. The molecule has 1 aromatic rings. The number of aliphatic imine (C=N–C) groups is 1. The van der Waals surface area contributed by atoms with Crippen LogP contribution in [0.5, 0.6) is 0 Å². The van der Waals surface area contributed by atoms with Gasteiger partial charge in [0.05, 0.1) is 13.2 Å². The first-order chi connectivity index (χ1) is 13.0. The van der Waals surface area contributed by atoms with Crippen molar-refractivity contribution in [2.24, 2.45) is 10.7 Å². The Morgan fingerprint density at radius 2 is 1.89 bits per heavy atom. The molecule has 1 heterocycles. The maximum absolute atomic E-state index is 11.8. The van der Waals surface area contributed by atoms with Crippen LogP contribution in [-0.4, -0.2) is 55.1 Å². The number of benzene rings is 1. The Morgan fingerprint density at radius 1 is 1.22 bits per heavy atom. The summed E-state index contributed by atoms with van der Waals surface area (Å²) >= 11 is 0. The Hall–Kier alpha value is -2.77. The van der Waals surface area contributed by atoms with Crippen molar-refractivity contribution in [1.82, 2.24) is 15.5 Å². The number of nitrogens with one attached hydrogen (secondary N) is 2. The second-order valence-electron chi connectivity index (χ2n) is 6.36. The molecule has 0 aromatic heterocycles. The van der Waals surface area contributed by atoms with Crippen LogP contribution in [0.2, 0.25) is 0 Å². The highest BCUT2D eigenvalue weighted by Crippen LogP contribution is 2.12. The molecular formula is C19H29N5O3. The van der Waals surface area contributed by atoms with Crippen molar-refractivity contribution in [1.29, 1.82) is 0 Å². The lowest BCUT2D eigenvalue weighted by Crippen LogP contribution is -2.49. The quantitative estimate of drug-likeness (QED) is 0.515. The van der Waals surface area contributed by atoms with Crippen LogP contribution in [0.4, 0.5) is 4.79 Å². The van der Waals surface area contributed by atoms with Crippen LogP contribution in [0.25, 0.3) is 0 Å². The summed E-state index contributed by atoms with van der Waals surface area (Å²) in [6, 6.07) is 7.37. The van der Waals surface area contributed by atoms with E-state index >= 15 is 0 Å². The Morgan fingerprint density at radius 3 is 2.44 bits per heavy atom. The van der Waals surface area contributed by atoms with Crippen LogP contribution in [0.15, 0.2) is 29.3 Å². The summed E-state index contributed by atoms with van der Waals surface area (Å²) in [4.78, 5) is 29.3. The first kappa shape index (κ1) is 20.5. The molecule has 2 amide bonds. The molecule has 0 aliphatic carbocycles. The van der Waals surface area contributed by atoms with E-state index in [1.807, 2.05) is 26.0 Å². The molecule has 1 fully saturated rings. The number of likely N-dealkylation sites (tertiary alicyclic amines) is 1. The van der Waals surface area contributed by atoms with Gasteiger partial charge in [-0.3, -0.25) is 4.79 Å². The van der Waals surface area contributed by atoms with Gasteiger partial charge in [-0.2, -0.15) is 0 Å². The Labute approximate surface area is 160 Å². The van der Waals surface area contributed by atoms with E-state index in [1.54, 1.807) is 17.0 Å². The van der Waals surface area contributed by atoms with Crippen LogP contribution in [0.1, 0.15) is 42.6 Å². The maximum atomic E-state index is 11.8. The summed E-state index contributed by atoms with van der Waals surface area (Å²) in [6.45, 7) is 6.82. The number of hydrogen-bond acceptors (Lipinski definition) is 4. The van der Waals surface area contributed by atoms with Crippen molar-refractivity contribution in [2.45, 2.75) is 39.3 Å². The molecule has 1 aliphatic rings. The fourth-order valence-electron chi connectivity index (χ4n) is 2.88. The summed E-state index contributed by atoms with van der Waals surface area (Å²) in [7, 11) is 0. The molecule has 0 bridgehead atoms. The number of primary amides is 1. The molecule has 1 saturated heterocycles. The van der Waals surface area contributed by atoms with Crippen molar-refractivity contribution < 1.29 is 14.3 Å². The number of hydrogen-bond donors (Lipinski definition) is 3. The average molecular weight is 375 g/mol. The van der Waals surface area contributed by atoms with Gasteiger partial charge in [-0.05, 0) is 44.4 Å². The predicted octanol–water partition coefficient (Wildman–Crippen LogP) is 1.46. The molecule has 1 aliphatic heterocycles. The first-order valence-electron chi connectivity index (χ1n) is 9.38. The zero-order valence-electron chi connectivity index (χ0n) is 16.0. The number of carbonyl (C=O) groups excluding carboxylic acids is 2. The number of amides is 2. The van der Waals surface area contributed by atoms with Crippen LogP contribution in [-0.2, 0) is 11.3 Å². The molecule has 27 heavy (non-hydrogen) atoms. The number of rotatable bonds is 6. The molecule has 8 heteroatoms. The van der Waals surface area contributed by atoms with Gasteiger partial charge in [-0.1, -0.05) is 12.1 Å². The van der Waals surface area contributed by atoms with E-state index in [-0.39, 0.29) is 12.1 Å². The topological polar surface area (TPSA) is 109 Å². The van der Waals surface area contributed by atoms with Crippen LogP contribution >= 0.6 is 0 Å². The van der Waals surface area contributed by atoms with Crippen molar-refractivity contribution in [3.8, 4) is 0 Å². The molecule has 0 radical (unpaired) electrons. The standard InChI is InChI=1S/C19H29N5O3/c1-3-21-18(22-13-14-5-7-15(8-6-14)17(20)25)23-16-9-11-24(12-10-16)19(26)27-4-2/h5-8,16H,3-4,9-13H2,1-2H3,(H2,20,25)(H2,21,22,23). The zero-order chi connectivity index (χ0) is 19.6. The number of nitrogens with zero attached hydrogens (tertiary/aromatic N) is 2. The zero-order valence-corrected chi connectivity index (χ0v) is 16.0. The molecule has 0 spiro atoms. The number of guanidine groups is 1. The molecular weight excluding hydrogens is 346 g/mol. The molecule has 0 saturated carbocycles. The maximum Gasteiger partial charge on any atom is 0.409 e. The molecule has 0 unspecified atom stereocenters. The monoisotopic (exact) mass is 375 g/mol. The van der Waals surface area contributed by atoms with Crippen molar-refractivity contribution in [3.05, 3.63) is 35.4 Å². The van der Waals surface area contributed by atoms with Crippen molar-refractivity contribution in [2.75, 3.05) is 26.2 Å². The number of nitrogens with two attached hydrogens (primary N) is 1. The van der Waals surface area contributed by atoms with E-state index in [0.29, 0.717) is 31.8 Å². The van der Waals surface area contributed by atoms with Crippen LogP contribution < -0.4 is 16.4 Å². The summed E-state index contributed by atoms with van der Waals surface area (Å²) in [5.74, 6) is 0.306. The Bertz CT molecular complexity index is 652. The lowest BCUT2D eigenvalue weighted by Gasteiger charge is -2.32. The summed E-state index contributed by atoms with van der Waals surface area (Å²) < 4.78 is 5.05. The van der Waals surface area contributed by atoms with Gasteiger partial charge >= 0.3 is 6.09 Å². The fourth-order valence-corrected chi connectivity index (χ4v) is 2.88. The smallest absolute Gasteiger partial charge is 0.409 e. The summed E-state index contributed by atoms with van der Waals surface area (Å²) in [6.07, 6.45) is 1.45. The molecule has 2 rings (SSSR count). The molecule has 0 atom stereocenters. The van der Waals surface area contributed by atoms with Gasteiger partial charge in [0.25, 0.3) is 0 Å². The van der Waals surface area contributed by atoms with E-state index in [2.05, 4.69) is 15.6 Å². The van der Waals surface area contributed by atoms with Crippen LogP contribution in [0.3, 0.4) is 0 Å². The Kier molecular flexibility index (Phi) is 7.91. The lowest BCUT2D eigenvalue weighted by molar-refractivity contribution is 0.0961. The predicted molar refractivity (Wildman–Crippen MR) is 105 cm³/mol. The fraction of sp³-hybridized carbons (Fsp3) is 0.526. The minimum absolute atomic E-state index is 0.240. The van der Waals surface area contributed by atoms with E-state index in [4.69, 9.17) is 10.5 Å². The van der Waals surface area contributed by atoms with Gasteiger partial charge in [-0.15, -0.1) is 0 Å². The van der Waals surface area contributed by atoms with Crippen LogP contribution in [0, 0.1) is 0 Å². The SMILES string of the molecule is CCNC(=NCc1ccc(C(N)=O)cc1)NC1CCN(C(=O)OCC)CC1. The van der Waals surface area contributed by atoms with E-state index in [1.165, 1.54) is 0 Å². The van der Waals surface area contributed by atoms with Gasteiger partial charge in [-0.25, -0.2) is 9.79 Å². The Balaban J connectivity index is 1.88. The minimum Gasteiger partial charge on any atom is -0.450 e. The number of piperidine rings is 1. The van der Waals surface area contributed by atoms with Gasteiger partial charge in [0.1, 0.15) is 0 Å². The first-order valence-corrected chi connectivity index (χ1v) is 9.38. The van der Waals surface area contributed by atoms with E-state index in [9.17, 15) is 9.59 Å². The summed E-state index contributed by atoms with van der Waals surface area (Å²) in [5.41, 5.74) is 6.74. The normalized spacial score (nSPS) is 15.3. The highest BCUT2D eigenvalue weighted by atomic mass is 16.6. The second kappa shape index (κ2) is 10.4.